The largest absolute Gasteiger partial charge is 0.425 e. The summed E-state index contributed by atoms with van der Waals surface area (Å²) in [6, 6.07) is 13.1. The fourth-order valence-electron chi connectivity index (χ4n) is 2.11. The zero-order chi connectivity index (χ0) is 15.7. The molecule has 22 heavy (non-hydrogen) atoms. The maximum absolute atomic E-state index is 12.0. The molecule has 2 atom stereocenters. The lowest BCUT2D eigenvalue weighted by molar-refractivity contribution is -0.384. The van der Waals surface area contributed by atoms with Gasteiger partial charge in [0.15, 0.2) is 6.10 Å². The van der Waals surface area contributed by atoms with Crippen molar-refractivity contribution in [1.29, 1.82) is 0 Å². The third-order valence-corrected chi connectivity index (χ3v) is 3.40. The number of epoxide rings is 1. The first-order chi connectivity index (χ1) is 10.5. The van der Waals surface area contributed by atoms with Crippen LogP contribution in [0, 0.1) is 17.0 Å². The maximum atomic E-state index is 12.0. The van der Waals surface area contributed by atoms with E-state index in [2.05, 4.69) is 0 Å². The number of nitrogens with zero attached hydrogens (tertiary/aromatic N) is 1. The van der Waals surface area contributed by atoms with E-state index >= 15 is 0 Å². The molecule has 1 aliphatic rings. The van der Waals surface area contributed by atoms with Gasteiger partial charge >= 0.3 is 5.97 Å². The number of nitro benzene ring substituents is 1. The third-order valence-electron chi connectivity index (χ3n) is 3.40. The van der Waals surface area contributed by atoms with Crippen LogP contribution in [0.2, 0.25) is 0 Å². The summed E-state index contributed by atoms with van der Waals surface area (Å²) in [7, 11) is 0. The van der Waals surface area contributed by atoms with Gasteiger partial charge in [-0.2, -0.15) is 0 Å². The Morgan fingerprint density at radius 1 is 1.14 bits per heavy atom. The van der Waals surface area contributed by atoms with Crippen LogP contribution in [-0.4, -0.2) is 17.0 Å². The van der Waals surface area contributed by atoms with Gasteiger partial charge in [-0.25, -0.2) is 4.79 Å². The van der Waals surface area contributed by atoms with E-state index < -0.39 is 23.1 Å². The lowest BCUT2D eigenvalue weighted by atomic mass is 10.1. The monoisotopic (exact) mass is 299 g/mol. The number of hydrogen-bond donors (Lipinski definition) is 0. The Morgan fingerprint density at radius 3 is 2.36 bits per heavy atom. The SMILES string of the molecule is Cc1ccc(OC(=O)[C@H]2O[C@@H]2c2ccc([N+](=O)[O-])cc2)cc1. The van der Waals surface area contributed by atoms with Gasteiger partial charge in [-0.1, -0.05) is 17.7 Å². The number of non-ortho nitro benzene ring substituents is 1. The second kappa shape index (κ2) is 5.57. The number of benzene rings is 2. The van der Waals surface area contributed by atoms with Crippen molar-refractivity contribution in [2.24, 2.45) is 0 Å². The van der Waals surface area contributed by atoms with Crippen molar-refractivity contribution in [3.63, 3.8) is 0 Å². The molecule has 0 aliphatic carbocycles. The summed E-state index contributed by atoms with van der Waals surface area (Å²) in [6.07, 6.45) is -1.07. The van der Waals surface area contributed by atoms with Gasteiger partial charge in [0.2, 0.25) is 0 Å². The van der Waals surface area contributed by atoms with Crippen LogP contribution in [0.1, 0.15) is 17.2 Å². The van der Waals surface area contributed by atoms with Crippen molar-refractivity contribution >= 4 is 11.7 Å². The van der Waals surface area contributed by atoms with E-state index in [0.29, 0.717) is 5.75 Å². The minimum atomic E-state index is -0.664. The normalized spacial score (nSPS) is 19.5. The molecule has 0 bridgehead atoms. The maximum Gasteiger partial charge on any atom is 0.343 e. The molecule has 6 nitrogen and oxygen atoms in total. The van der Waals surface area contributed by atoms with Crippen LogP contribution in [0.15, 0.2) is 48.5 Å². The summed E-state index contributed by atoms with van der Waals surface area (Å²) in [5, 5.41) is 10.6. The van der Waals surface area contributed by atoms with Gasteiger partial charge in [-0.3, -0.25) is 10.1 Å². The molecule has 3 rings (SSSR count). The summed E-state index contributed by atoms with van der Waals surface area (Å²) in [5.41, 5.74) is 1.80. The van der Waals surface area contributed by atoms with Crippen LogP contribution in [0.25, 0.3) is 0 Å². The molecule has 1 heterocycles. The van der Waals surface area contributed by atoms with E-state index in [-0.39, 0.29) is 5.69 Å². The molecular formula is C16H13NO5. The average Bonchev–Trinajstić information content (AvgIpc) is 3.30. The van der Waals surface area contributed by atoms with E-state index in [1.807, 2.05) is 19.1 Å². The van der Waals surface area contributed by atoms with E-state index in [1.165, 1.54) is 12.1 Å². The first-order valence-electron chi connectivity index (χ1n) is 6.73. The van der Waals surface area contributed by atoms with Crippen molar-refractivity contribution in [3.05, 3.63) is 69.8 Å². The number of carbonyl (C=O) groups excluding carboxylic acids is 1. The topological polar surface area (TPSA) is 82.0 Å². The van der Waals surface area contributed by atoms with Gasteiger partial charge in [-0.15, -0.1) is 0 Å². The summed E-state index contributed by atoms with van der Waals surface area (Å²) in [5.74, 6) is 0.000699. The zero-order valence-electron chi connectivity index (χ0n) is 11.8. The predicted molar refractivity (Wildman–Crippen MR) is 77.5 cm³/mol. The summed E-state index contributed by atoms with van der Waals surface area (Å²) in [6.45, 7) is 1.94. The molecule has 0 amide bonds. The lowest BCUT2D eigenvalue weighted by Gasteiger charge is -2.02. The minimum absolute atomic E-state index is 0.00295. The van der Waals surface area contributed by atoms with E-state index in [1.54, 1.807) is 24.3 Å². The number of rotatable bonds is 4. The molecule has 1 saturated heterocycles. The van der Waals surface area contributed by atoms with Gasteiger partial charge in [-0.05, 0) is 36.8 Å². The quantitative estimate of drug-likeness (QED) is 0.285. The number of nitro groups is 1. The second-order valence-electron chi connectivity index (χ2n) is 5.06. The highest BCUT2D eigenvalue weighted by Crippen LogP contribution is 2.40. The average molecular weight is 299 g/mol. The second-order valence-corrected chi connectivity index (χ2v) is 5.06. The highest BCUT2D eigenvalue weighted by molar-refractivity contribution is 5.80. The number of aryl methyl sites for hydroxylation is 1. The van der Waals surface area contributed by atoms with Gasteiger partial charge < -0.3 is 9.47 Å². The Bertz CT molecular complexity index is 708. The van der Waals surface area contributed by atoms with E-state index in [0.717, 1.165) is 11.1 Å². The van der Waals surface area contributed by atoms with Crippen molar-refractivity contribution in [2.75, 3.05) is 0 Å². The molecular weight excluding hydrogens is 286 g/mol. The van der Waals surface area contributed by atoms with Crippen LogP contribution in [0.5, 0.6) is 5.75 Å². The molecule has 0 N–H and O–H groups in total. The van der Waals surface area contributed by atoms with Crippen LogP contribution in [0.4, 0.5) is 5.69 Å². The fraction of sp³-hybridized carbons (Fsp3) is 0.188. The van der Waals surface area contributed by atoms with Crippen LogP contribution < -0.4 is 4.74 Å². The minimum Gasteiger partial charge on any atom is -0.425 e. The van der Waals surface area contributed by atoms with Gasteiger partial charge in [0.25, 0.3) is 5.69 Å². The van der Waals surface area contributed by atoms with Crippen molar-refractivity contribution in [3.8, 4) is 5.75 Å². The Morgan fingerprint density at radius 2 is 1.77 bits per heavy atom. The lowest BCUT2D eigenvalue weighted by Crippen LogP contribution is -2.15. The summed E-state index contributed by atoms with van der Waals surface area (Å²) < 4.78 is 10.6. The Kier molecular flexibility index (Phi) is 3.60. The smallest absolute Gasteiger partial charge is 0.343 e. The zero-order valence-corrected chi connectivity index (χ0v) is 11.8. The third kappa shape index (κ3) is 2.96. The summed E-state index contributed by atoms with van der Waals surface area (Å²) >= 11 is 0. The Labute approximate surface area is 126 Å². The number of hydrogen-bond acceptors (Lipinski definition) is 5. The molecule has 1 fully saturated rings. The Balaban J connectivity index is 1.62. The molecule has 0 spiro atoms. The molecule has 1 aliphatic heterocycles. The molecule has 0 saturated carbocycles. The number of carbonyl (C=O) groups is 1. The molecule has 112 valence electrons. The highest BCUT2D eigenvalue weighted by atomic mass is 16.6. The number of ether oxygens (including phenoxy) is 2. The van der Waals surface area contributed by atoms with Gasteiger partial charge in [0.05, 0.1) is 4.92 Å². The van der Waals surface area contributed by atoms with Crippen LogP contribution in [0.3, 0.4) is 0 Å². The molecule has 0 unspecified atom stereocenters. The summed E-state index contributed by atoms with van der Waals surface area (Å²) in [4.78, 5) is 22.1. The molecule has 2 aromatic rings. The van der Waals surface area contributed by atoms with Crippen LogP contribution >= 0.6 is 0 Å². The number of esters is 1. The fourth-order valence-corrected chi connectivity index (χ4v) is 2.11. The molecule has 0 aromatic heterocycles. The molecule has 0 radical (unpaired) electrons. The highest BCUT2D eigenvalue weighted by Gasteiger charge is 2.47. The standard InChI is InChI=1S/C16H13NO5/c1-10-2-8-13(9-3-10)21-16(18)15-14(22-15)11-4-6-12(7-5-11)17(19)20/h2-9,14-15H,1H3/t14-,15+/m1/s1. The van der Waals surface area contributed by atoms with Crippen molar-refractivity contribution < 1.29 is 19.2 Å². The molecule has 6 heteroatoms. The van der Waals surface area contributed by atoms with Gasteiger partial charge in [0.1, 0.15) is 11.9 Å². The molecule has 2 aromatic carbocycles. The van der Waals surface area contributed by atoms with Crippen molar-refractivity contribution in [2.45, 2.75) is 19.1 Å². The first kappa shape index (κ1) is 14.2. The van der Waals surface area contributed by atoms with Crippen LogP contribution in [-0.2, 0) is 9.53 Å². The Hall–Kier alpha value is -2.73. The van der Waals surface area contributed by atoms with Gasteiger partial charge in [0, 0.05) is 12.1 Å². The van der Waals surface area contributed by atoms with E-state index in [4.69, 9.17) is 9.47 Å². The first-order valence-corrected chi connectivity index (χ1v) is 6.73. The van der Waals surface area contributed by atoms with E-state index in [9.17, 15) is 14.9 Å². The van der Waals surface area contributed by atoms with Crippen molar-refractivity contribution in [1.82, 2.24) is 0 Å². The predicted octanol–water partition coefficient (Wildman–Crippen LogP) is 2.95.